The van der Waals surface area contributed by atoms with Crippen LogP contribution in [0.4, 0.5) is 4.39 Å². The number of hydrogen-bond donors (Lipinski definition) is 1. The van der Waals surface area contributed by atoms with Gasteiger partial charge in [-0.15, -0.1) is 0 Å². The lowest BCUT2D eigenvalue weighted by Crippen LogP contribution is -2.26. The van der Waals surface area contributed by atoms with E-state index in [4.69, 9.17) is 0 Å². The molecule has 0 fully saturated rings. The van der Waals surface area contributed by atoms with Gasteiger partial charge in [0.15, 0.2) is 0 Å². The Hall–Kier alpha value is -1.47. The number of ether oxygens (including phenoxy) is 1. The molecule has 1 rings (SSSR count). The third-order valence-corrected chi connectivity index (χ3v) is 3.41. The van der Waals surface area contributed by atoms with E-state index in [1.807, 2.05) is 0 Å². The summed E-state index contributed by atoms with van der Waals surface area (Å²) in [6, 6.07) is 4.61. The Morgan fingerprint density at radius 2 is 2.18 bits per heavy atom. The fourth-order valence-electron chi connectivity index (χ4n) is 1.11. The van der Waals surface area contributed by atoms with Crippen molar-refractivity contribution >= 4 is 16.0 Å². The Bertz CT molecular complexity index is 501. The van der Waals surface area contributed by atoms with Gasteiger partial charge >= 0.3 is 5.97 Å². The molecular weight excluding hydrogens is 249 g/mol. The molecule has 0 saturated carbocycles. The number of rotatable bonds is 5. The van der Waals surface area contributed by atoms with E-state index in [0.29, 0.717) is 0 Å². The lowest BCUT2D eigenvalue weighted by Gasteiger charge is -2.05. The maximum Gasteiger partial charge on any atom is 0.306 e. The van der Waals surface area contributed by atoms with Crippen molar-refractivity contribution in [1.82, 2.24) is 4.72 Å². The molecule has 1 aromatic carbocycles. The number of carbonyl (C=O) groups excluding carboxylic acids is 1. The van der Waals surface area contributed by atoms with Crippen molar-refractivity contribution < 1.29 is 22.3 Å². The van der Waals surface area contributed by atoms with E-state index in [2.05, 4.69) is 9.46 Å². The highest BCUT2D eigenvalue weighted by Crippen LogP contribution is 2.09. The topological polar surface area (TPSA) is 72.5 Å². The molecule has 0 unspecified atom stereocenters. The molecule has 7 heteroatoms. The van der Waals surface area contributed by atoms with Crippen molar-refractivity contribution in [1.29, 1.82) is 0 Å². The number of methoxy groups -OCH3 is 1. The molecule has 0 bridgehead atoms. The number of hydrogen-bond acceptors (Lipinski definition) is 4. The van der Waals surface area contributed by atoms with Gasteiger partial charge < -0.3 is 4.74 Å². The molecule has 1 N–H and O–H groups in total. The maximum absolute atomic E-state index is 12.8. The van der Waals surface area contributed by atoms with E-state index >= 15 is 0 Å². The summed E-state index contributed by atoms with van der Waals surface area (Å²) in [7, 11) is -2.57. The lowest BCUT2D eigenvalue weighted by molar-refractivity contribution is -0.140. The third-order valence-electron chi connectivity index (χ3n) is 1.96. The Kier molecular flexibility index (Phi) is 4.59. The van der Waals surface area contributed by atoms with Crippen LogP contribution in [-0.4, -0.2) is 28.0 Å². The first-order chi connectivity index (χ1) is 7.95. The van der Waals surface area contributed by atoms with E-state index in [0.717, 1.165) is 12.1 Å². The van der Waals surface area contributed by atoms with Crippen LogP contribution in [0.25, 0.3) is 0 Å². The number of sulfonamides is 1. The van der Waals surface area contributed by atoms with E-state index in [1.165, 1.54) is 19.2 Å². The van der Waals surface area contributed by atoms with Crippen molar-refractivity contribution in [2.24, 2.45) is 0 Å². The minimum atomic E-state index is -3.78. The maximum atomic E-state index is 12.8. The number of benzene rings is 1. The first kappa shape index (κ1) is 13.6. The summed E-state index contributed by atoms with van der Waals surface area (Å²) in [5, 5.41) is 0. The predicted molar refractivity (Wildman–Crippen MR) is 58.2 cm³/mol. The molecule has 5 nitrogen and oxygen atoms in total. The second kappa shape index (κ2) is 5.74. The number of carbonyl (C=O) groups is 1. The second-order valence-corrected chi connectivity index (χ2v) is 4.95. The molecule has 0 atom stereocenters. The van der Waals surface area contributed by atoms with E-state index < -0.39 is 21.8 Å². The first-order valence-corrected chi connectivity index (χ1v) is 6.26. The van der Waals surface area contributed by atoms with Crippen LogP contribution in [0.15, 0.2) is 29.2 Å². The second-order valence-electron chi connectivity index (χ2n) is 3.18. The van der Waals surface area contributed by atoms with Crippen LogP contribution in [-0.2, 0) is 19.6 Å². The Morgan fingerprint density at radius 3 is 2.76 bits per heavy atom. The van der Waals surface area contributed by atoms with Gasteiger partial charge in [-0.25, -0.2) is 17.5 Å². The minimum absolute atomic E-state index is 0.0783. The van der Waals surface area contributed by atoms with Crippen molar-refractivity contribution in [3.8, 4) is 0 Å². The summed E-state index contributed by atoms with van der Waals surface area (Å²) < 4.78 is 42.6. The van der Waals surface area contributed by atoms with Gasteiger partial charge in [-0.1, -0.05) is 6.07 Å². The van der Waals surface area contributed by atoms with Gasteiger partial charge in [0.05, 0.1) is 18.4 Å². The summed E-state index contributed by atoms with van der Waals surface area (Å²) >= 11 is 0. The fourth-order valence-corrected chi connectivity index (χ4v) is 2.17. The standard InChI is InChI=1S/C10H12FNO4S/c1-16-10(13)5-6-12-17(14,15)9-4-2-3-8(11)7-9/h2-4,7,12H,5-6H2,1H3. The molecule has 0 spiro atoms. The normalized spacial score (nSPS) is 11.2. The molecule has 0 aliphatic rings. The third kappa shape index (κ3) is 4.12. The lowest BCUT2D eigenvalue weighted by atomic mass is 10.4. The molecule has 0 heterocycles. The van der Waals surface area contributed by atoms with Crippen molar-refractivity contribution in [2.75, 3.05) is 13.7 Å². The van der Waals surface area contributed by atoms with Gasteiger partial charge in [0.25, 0.3) is 0 Å². The molecule has 0 aliphatic carbocycles. The van der Waals surface area contributed by atoms with Crippen molar-refractivity contribution in [3.05, 3.63) is 30.1 Å². The summed E-state index contributed by atoms with van der Waals surface area (Å²) in [5.74, 6) is -1.16. The number of esters is 1. The molecule has 0 amide bonds. The number of halogens is 1. The van der Waals surface area contributed by atoms with Gasteiger partial charge in [0.2, 0.25) is 10.0 Å². The largest absolute Gasteiger partial charge is 0.469 e. The van der Waals surface area contributed by atoms with E-state index in [1.54, 1.807) is 0 Å². The first-order valence-electron chi connectivity index (χ1n) is 4.78. The van der Waals surface area contributed by atoms with Crippen LogP contribution < -0.4 is 4.72 Å². The Labute approximate surface area is 98.6 Å². The van der Waals surface area contributed by atoms with Crippen LogP contribution in [0.2, 0.25) is 0 Å². The van der Waals surface area contributed by atoms with Crippen LogP contribution >= 0.6 is 0 Å². The highest BCUT2D eigenvalue weighted by atomic mass is 32.2. The highest BCUT2D eigenvalue weighted by Gasteiger charge is 2.14. The van der Waals surface area contributed by atoms with Crippen LogP contribution in [0.3, 0.4) is 0 Å². The SMILES string of the molecule is COC(=O)CCNS(=O)(=O)c1cccc(F)c1. The fraction of sp³-hybridized carbons (Fsp3) is 0.300. The molecule has 0 aromatic heterocycles. The van der Waals surface area contributed by atoms with Gasteiger partial charge in [-0.2, -0.15) is 0 Å². The number of nitrogens with one attached hydrogen (secondary N) is 1. The average molecular weight is 261 g/mol. The van der Waals surface area contributed by atoms with E-state index in [9.17, 15) is 17.6 Å². The smallest absolute Gasteiger partial charge is 0.306 e. The van der Waals surface area contributed by atoms with Crippen molar-refractivity contribution in [3.63, 3.8) is 0 Å². The average Bonchev–Trinajstić information content (AvgIpc) is 2.28. The van der Waals surface area contributed by atoms with E-state index in [-0.39, 0.29) is 17.9 Å². The van der Waals surface area contributed by atoms with Gasteiger partial charge in [-0.3, -0.25) is 4.79 Å². The zero-order valence-electron chi connectivity index (χ0n) is 9.14. The molecule has 1 aromatic rings. The quantitative estimate of drug-likeness (QED) is 0.791. The van der Waals surface area contributed by atoms with Crippen molar-refractivity contribution in [2.45, 2.75) is 11.3 Å². The summed E-state index contributed by atoms with van der Waals surface area (Å²) in [5.41, 5.74) is 0. The molecular formula is C10H12FNO4S. The monoisotopic (exact) mass is 261 g/mol. The van der Waals surface area contributed by atoms with Crippen LogP contribution in [0.1, 0.15) is 6.42 Å². The molecule has 0 radical (unpaired) electrons. The van der Waals surface area contributed by atoms with Gasteiger partial charge in [-0.05, 0) is 18.2 Å². The Balaban J connectivity index is 2.66. The zero-order valence-corrected chi connectivity index (χ0v) is 9.96. The van der Waals surface area contributed by atoms with Crippen LogP contribution in [0.5, 0.6) is 0 Å². The molecule has 17 heavy (non-hydrogen) atoms. The Morgan fingerprint density at radius 1 is 1.47 bits per heavy atom. The summed E-state index contributed by atoms with van der Waals surface area (Å²) in [6.07, 6.45) is -0.0783. The summed E-state index contributed by atoms with van der Waals surface area (Å²) in [4.78, 5) is 10.6. The molecule has 94 valence electrons. The predicted octanol–water partition coefficient (Wildman–Crippen LogP) is 0.667. The zero-order chi connectivity index (χ0) is 12.9. The van der Waals surface area contributed by atoms with Crippen LogP contribution in [0, 0.1) is 5.82 Å². The molecule has 0 saturated heterocycles. The molecule has 0 aliphatic heterocycles. The van der Waals surface area contributed by atoms with Gasteiger partial charge in [0.1, 0.15) is 5.82 Å². The minimum Gasteiger partial charge on any atom is -0.469 e. The highest BCUT2D eigenvalue weighted by molar-refractivity contribution is 7.89. The summed E-state index contributed by atoms with van der Waals surface area (Å²) in [6.45, 7) is -0.0917. The van der Waals surface area contributed by atoms with Gasteiger partial charge in [0, 0.05) is 6.54 Å².